The van der Waals surface area contributed by atoms with E-state index in [9.17, 15) is 4.39 Å². The Labute approximate surface area is 117 Å². The minimum absolute atomic E-state index is 0.0308. The number of hydrogen-bond donors (Lipinski definition) is 2. The van der Waals surface area contributed by atoms with Crippen molar-refractivity contribution in [3.8, 4) is 0 Å². The number of rotatable bonds is 4. The van der Waals surface area contributed by atoms with E-state index in [0.29, 0.717) is 29.0 Å². The number of benzene rings is 1. The second kappa shape index (κ2) is 5.37. The molecule has 3 N–H and O–H groups in total. The summed E-state index contributed by atoms with van der Waals surface area (Å²) in [4.78, 5) is 0. The highest BCUT2D eigenvalue weighted by molar-refractivity contribution is 6.30. The largest absolute Gasteiger partial charge is 0.375 e. The number of fused-ring (bicyclic) bond motifs is 2. The quantitative estimate of drug-likeness (QED) is 0.659. The van der Waals surface area contributed by atoms with Gasteiger partial charge in [0.25, 0.3) is 0 Å². The maximum atomic E-state index is 13.8. The molecule has 2 saturated heterocycles. The van der Waals surface area contributed by atoms with Gasteiger partial charge in [0.2, 0.25) is 0 Å². The molecule has 0 saturated carbocycles. The Hall–Kier alpha value is -0.680. The molecule has 104 valence electrons. The average molecular weight is 285 g/mol. The highest BCUT2D eigenvalue weighted by atomic mass is 35.5. The summed E-state index contributed by atoms with van der Waals surface area (Å²) in [5.41, 5.74) is 3.44. The molecule has 2 bridgehead atoms. The fourth-order valence-electron chi connectivity index (χ4n) is 3.37. The zero-order chi connectivity index (χ0) is 13.4. The van der Waals surface area contributed by atoms with Crippen LogP contribution in [0.4, 0.5) is 4.39 Å². The summed E-state index contributed by atoms with van der Waals surface area (Å²) in [6.07, 6.45) is 4.43. The van der Waals surface area contributed by atoms with E-state index >= 15 is 0 Å². The summed E-state index contributed by atoms with van der Waals surface area (Å²) in [6, 6.07) is 4.67. The van der Waals surface area contributed by atoms with Gasteiger partial charge in [-0.2, -0.15) is 0 Å². The van der Waals surface area contributed by atoms with Gasteiger partial charge < -0.3 is 4.74 Å². The number of hydrogen-bond acceptors (Lipinski definition) is 3. The van der Waals surface area contributed by atoms with Crippen molar-refractivity contribution in [2.75, 3.05) is 0 Å². The first kappa shape index (κ1) is 13.3. The summed E-state index contributed by atoms with van der Waals surface area (Å²) in [5.74, 6) is 5.79. The Bertz CT molecular complexity index is 471. The first-order valence-corrected chi connectivity index (χ1v) is 7.10. The van der Waals surface area contributed by atoms with Gasteiger partial charge in [0, 0.05) is 17.0 Å². The molecular weight excluding hydrogens is 267 g/mol. The molecule has 0 aliphatic carbocycles. The number of halogens is 2. The van der Waals surface area contributed by atoms with Crippen LogP contribution in [0, 0.1) is 11.7 Å². The molecule has 0 amide bonds. The third-order valence-electron chi connectivity index (χ3n) is 4.33. The van der Waals surface area contributed by atoms with Crippen LogP contribution in [0.2, 0.25) is 5.02 Å². The Kier molecular flexibility index (Phi) is 3.76. The second-order valence-corrected chi connectivity index (χ2v) is 5.92. The van der Waals surface area contributed by atoms with Gasteiger partial charge in [0.1, 0.15) is 5.82 Å². The Morgan fingerprint density at radius 3 is 2.95 bits per heavy atom. The van der Waals surface area contributed by atoms with Gasteiger partial charge in [0.15, 0.2) is 0 Å². The number of hydrazine groups is 1. The standard InChI is InChI=1S/C14H18ClFN2O/c15-9-1-3-12(16)8(5-9)6-13(18-17)11-7-10-2-4-14(11)19-10/h1,3,5,10-11,13-14,18H,2,4,6-7,17H2. The van der Waals surface area contributed by atoms with Crippen LogP contribution in [0.15, 0.2) is 18.2 Å². The fraction of sp³-hybridized carbons (Fsp3) is 0.571. The molecule has 2 aliphatic rings. The van der Waals surface area contributed by atoms with E-state index < -0.39 is 0 Å². The van der Waals surface area contributed by atoms with Gasteiger partial charge in [-0.15, -0.1) is 0 Å². The maximum Gasteiger partial charge on any atom is 0.126 e. The number of nitrogens with one attached hydrogen (secondary N) is 1. The van der Waals surface area contributed by atoms with Crippen molar-refractivity contribution in [1.82, 2.24) is 5.43 Å². The van der Waals surface area contributed by atoms with Crippen molar-refractivity contribution in [2.24, 2.45) is 11.8 Å². The Morgan fingerprint density at radius 1 is 1.47 bits per heavy atom. The molecule has 0 spiro atoms. The smallest absolute Gasteiger partial charge is 0.126 e. The third kappa shape index (κ3) is 2.63. The number of nitrogens with two attached hydrogens (primary N) is 1. The summed E-state index contributed by atoms with van der Waals surface area (Å²) in [6.45, 7) is 0. The van der Waals surface area contributed by atoms with Crippen LogP contribution < -0.4 is 11.3 Å². The number of ether oxygens (including phenoxy) is 1. The molecular formula is C14H18ClFN2O. The van der Waals surface area contributed by atoms with Gasteiger partial charge in [0.05, 0.1) is 12.2 Å². The molecule has 5 heteroatoms. The van der Waals surface area contributed by atoms with E-state index in [4.69, 9.17) is 22.2 Å². The lowest BCUT2D eigenvalue weighted by Crippen LogP contribution is -2.45. The zero-order valence-corrected chi connectivity index (χ0v) is 11.4. The molecule has 4 unspecified atom stereocenters. The molecule has 19 heavy (non-hydrogen) atoms. The molecule has 0 aromatic heterocycles. The molecule has 2 fully saturated rings. The van der Waals surface area contributed by atoms with Gasteiger partial charge in [-0.3, -0.25) is 11.3 Å². The van der Waals surface area contributed by atoms with Crippen molar-refractivity contribution in [3.05, 3.63) is 34.6 Å². The van der Waals surface area contributed by atoms with E-state index in [1.165, 1.54) is 6.07 Å². The topological polar surface area (TPSA) is 47.3 Å². The van der Waals surface area contributed by atoms with E-state index in [2.05, 4.69) is 5.43 Å². The molecule has 3 rings (SSSR count). The monoisotopic (exact) mass is 284 g/mol. The van der Waals surface area contributed by atoms with Crippen LogP contribution in [0.3, 0.4) is 0 Å². The Balaban J connectivity index is 1.74. The molecule has 1 aromatic rings. The highest BCUT2D eigenvalue weighted by Gasteiger charge is 2.44. The normalized spacial score (nSPS) is 30.8. The fourth-order valence-corrected chi connectivity index (χ4v) is 3.57. The minimum Gasteiger partial charge on any atom is -0.375 e. The van der Waals surface area contributed by atoms with Crippen LogP contribution >= 0.6 is 11.6 Å². The lowest BCUT2D eigenvalue weighted by molar-refractivity contribution is 0.0856. The predicted molar refractivity (Wildman–Crippen MR) is 72.2 cm³/mol. The zero-order valence-electron chi connectivity index (χ0n) is 10.6. The van der Waals surface area contributed by atoms with Crippen LogP contribution in [0.25, 0.3) is 0 Å². The molecule has 4 atom stereocenters. The first-order valence-electron chi connectivity index (χ1n) is 6.73. The molecule has 3 nitrogen and oxygen atoms in total. The Morgan fingerprint density at radius 2 is 2.32 bits per heavy atom. The van der Waals surface area contributed by atoms with Crippen molar-refractivity contribution in [1.29, 1.82) is 0 Å². The highest BCUT2D eigenvalue weighted by Crippen LogP contribution is 2.41. The van der Waals surface area contributed by atoms with Gasteiger partial charge in [-0.05, 0) is 49.4 Å². The SMILES string of the molecule is NNC(Cc1cc(Cl)ccc1F)C1CC2CCC1O2. The lowest BCUT2D eigenvalue weighted by atomic mass is 9.81. The molecule has 0 radical (unpaired) electrons. The summed E-state index contributed by atoms with van der Waals surface area (Å²) in [5, 5.41) is 0.552. The van der Waals surface area contributed by atoms with Gasteiger partial charge >= 0.3 is 0 Å². The van der Waals surface area contributed by atoms with Crippen molar-refractivity contribution in [3.63, 3.8) is 0 Å². The maximum absolute atomic E-state index is 13.8. The van der Waals surface area contributed by atoms with E-state index in [1.54, 1.807) is 12.1 Å². The molecule has 2 aliphatic heterocycles. The third-order valence-corrected chi connectivity index (χ3v) is 4.57. The van der Waals surface area contributed by atoms with E-state index in [-0.39, 0.29) is 18.0 Å². The van der Waals surface area contributed by atoms with Crippen molar-refractivity contribution in [2.45, 2.75) is 43.9 Å². The van der Waals surface area contributed by atoms with Crippen LogP contribution in [0.5, 0.6) is 0 Å². The summed E-state index contributed by atoms with van der Waals surface area (Å²) >= 11 is 5.92. The molecule has 1 aromatic carbocycles. The lowest BCUT2D eigenvalue weighted by Gasteiger charge is -2.28. The summed E-state index contributed by atoms with van der Waals surface area (Å²) < 4.78 is 19.6. The molecule has 2 heterocycles. The van der Waals surface area contributed by atoms with Crippen LogP contribution in [-0.2, 0) is 11.2 Å². The van der Waals surface area contributed by atoms with Crippen molar-refractivity contribution < 1.29 is 9.13 Å². The van der Waals surface area contributed by atoms with Crippen LogP contribution in [-0.4, -0.2) is 18.2 Å². The van der Waals surface area contributed by atoms with E-state index in [1.807, 2.05) is 0 Å². The van der Waals surface area contributed by atoms with Gasteiger partial charge in [-0.25, -0.2) is 4.39 Å². The second-order valence-electron chi connectivity index (χ2n) is 5.49. The van der Waals surface area contributed by atoms with Crippen molar-refractivity contribution >= 4 is 11.6 Å². The minimum atomic E-state index is -0.228. The predicted octanol–water partition coefficient (Wildman–Crippen LogP) is 2.42. The van der Waals surface area contributed by atoms with Gasteiger partial charge in [-0.1, -0.05) is 11.6 Å². The van der Waals surface area contributed by atoms with E-state index in [0.717, 1.165) is 19.3 Å². The van der Waals surface area contributed by atoms with Crippen LogP contribution in [0.1, 0.15) is 24.8 Å². The first-order chi connectivity index (χ1) is 9.17. The average Bonchev–Trinajstić information content (AvgIpc) is 3.02. The summed E-state index contributed by atoms with van der Waals surface area (Å²) in [7, 11) is 0.